The molecule has 0 saturated carbocycles. The van der Waals surface area contributed by atoms with E-state index >= 15 is 0 Å². The first-order chi connectivity index (χ1) is 16.1. The van der Waals surface area contributed by atoms with Crippen LogP contribution in [0.15, 0.2) is 83.3 Å². The summed E-state index contributed by atoms with van der Waals surface area (Å²) in [7, 11) is 1.58. The van der Waals surface area contributed by atoms with E-state index in [0.29, 0.717) is 28.0 Å². The second-order valence-electron chi connectivity index (χ2n) is 7.08. The molecule has 0 atom stereocenters. The van der Waals surface area contributed by atoms with Gasteiger partial charge in [0.05, 0.1) is 13.7 Å². The van der Waals surface area contributed by atoms with Gasteiger partial charge in [0.1, 0.15) is 28.4 Å². The number of hydrogen-bond acceptors (Lipinski definition) is 6. The van der Waals surface area contributed by atoms with Crippen molar-refractivity contribution in [2.24, 2.45) is 0 Å². The number of esters is 2. The van der Waals surface area contributed by atoms with Crippen molar-refractivity contribution < 1.29 is 28.2 Å². The monoisotopic (exact) mass is 442 g/mol. The van der Waals surface area contributed by atoms with Crippen LogP contribution in [-0.4, -0.2) is 25.7 Å². The van der Waals surface area contributed by atoms with Gasteiger partial charge in [-0.15, -0.1) is 0 Å². The number of benzene rings is 3. The highest BCUT2D eigenvalue weighted by atomic mass is 16.5. The molecule has 1 aromatic heterocycles. The van der Waals surface area contributed by atoms with Gasteiger partial charge in [0.15, 0.2) is 0 Å². The number of carbonyl (C=O) groups excluding carboxylic acids is 2. The van der Waals surface area contributed by atoms with Crippen LogP contribution in [0, 0.1) is 0 Å². The lowest BCUT2D eigenvalue weighted by Crippen LogP contribution is -2.06. The molecule has 0 aliphatic heterocycles. The molecule has 4 rings (SSSR count). The number of hydrogen-bond donors (Lipinski definition) is 0. The van der Waals surface area contributed by atoms with Gasteiger partial charge in [0, 0.05) is 17.0 Å². The van der Waals surface area contributed by atoms with Crippen LogP contribution in [0.25, 0.3) is 28.4 Å². The standard InChI is InChI=1S/C27H22O6/c1-3-31-27(29)25-22-17-21(32-24(28)16-9-18-7-5-4-6-8-18)14-15-23(22)33-26(25)19-10-12-20(30-2)13-11-19/h4-17H,3H2,1-2H3/b16-9+. The summed E-state index contributed by atoms with van der Waals surface area (Å²) in [6.07, 6.45) is 3.02. The van der Waals surface area contributed by atoms with Gasteiger partial charge in [-0.3, -0.25) is 0 Å². The van der Waals surface area contributed by atoms with Crippen LogP contribution in [0.2, 0.25) is 0 Å². The summed E-state index contributed by atoms with van der Waals surface area (Å²) in [5, 5.41) is 0.497. The van der Waals surface area contributed by atoms with E-state index in [1.807, 2.05) is 30.3 Å². The summed E-state index contributed by atoms with van der Waals surface area (Å²) in [5.41, 5.74) is 2.33. The highest BCUT2D eigenvalue weighted by Crippen LogP contribution is 2.36. The summed E-state index contributed by atoms with van der Waals surface area (Å²) in [4.78, 5) is 25.1. The molecule has 0 bridgehead atoms. The van der Waals surface area contributed by atoms with E-state index < -0.39 is 11.9 Å². The van der Waals surface area contributed by atoms with Gasteiger partial charge >= 0.3 is 11.9 Å². The minimum Gasteiger partial charge on any atom is -0.497 e. The molecule has 0 unspecified atom stereocenters. The summed E-state index contributed by atoms with van der Waals surface area (Å²) in [6, 6.07) is 21.5. The first-order valence-corrected chi connectivity index (χ1v) is 10.4. The van der Waals surface area contributed by atoms with Crippen LogP contribution >= 0.6 is 0 Å². The zero-order valence-electron chi connectivity index (χ0n) is 18.2. The summed E-state index contributed by atoms with van der Waals surface area (Å²) < 4.78 is 21.9. The lowest BCUT2D eigenvalue weighted by atomic mass is 10.1. The Kier molecular flexibility index (Phi) is 6.55. The average Bonchev–Trinajstić information content (AvgIpc) is 3.22. The molecule has 1 heterocycles. The predicted molar refractivity (Wildman–Crippen MR) is 125 cm³/mol. The second-order valence-corrected chi connectivity index (χ2v) is 7.08. The zero-order chi connectivity index (χ0) is 23.2. The van der Waals surface area contributed by atoms with Crippen LogP contribution in [0.4, 0.5) is 0 Å². The number of carbonyl (C=O) groups is 2. The maximum atomic E-state index is 12.8. The normalized spacial score (nSPS) is 11.0. The molecule has 166 valence electrons. The number of furan rings is 1. The van der Waals surface area contributed by atoms with E-state index in [4.69, 9.17) is 18.6 Å². The third-order valence-corrected chi connectivity index (χ3v) is 4.92. The molecule has 6 heteroatoms. The van der Waals surface area contributed by atoms with Crippen molar-refractivity contribution in [2.45, 2.75) is 6.92 Å². The molecular formula is C27H22O6. The SMILES string of the molecule is CCOC(=O)c1c(-c2ccc(OC)cc2)oc2ccc(OC(=O)/C=C/c3ccccc3)cc12. The molecule has 0 aliphatic carbocycles. The largest absolute Gasteiger partial charge is 0.497 e. The Morgan fingerprint density at radius 1 is 0.939 bits per heavy atom. The number of methoxy groups -OCH3 is 1. The van der Waals surface area contributed by atoms with Gasteiger partial charge in [-0.25, -0.2) is 9.59 Å². The predicted octanol–water partition coefficient (Wildman–Crippen LogP) is 5.90. The van der Waals surface area contributed by atoms with E-state index in [9.17, 15) is 9.59 Å². The zero-order valence-corrected chi connectivity index (χ0v) is 18.2. The van der Waals surface area contributed by atoms with Crippen LogP contribution in [-0.2, 0) is 9.53 Å². The molecule has 0 amide bonds. The van der Waals surface area contributed by atoms with Crippen LogP contribution in [0.3, 0.4) is 0 Å². The molecule has 6 nitrogen and oxygen atoms in total. The molecule has 0 aliphatic rings. The van der Waals surface area contributed by atoms with Crippen molar-refractivity contribution in [1.29, 1.82) is 0 Å². The van der Waals surface area contributed by atoms with Crippen LogP contribution < -0.4 is 9.47 Å². The smallest absolute Gasteiger partial charge is 0.342 e. The van der Waals surface area contributed by atoms with Crippen molar-refractivity contribution in [2.75, 3.05) is 13.7 Å². The molecular weight excluding hydrogens is 420 g/mol. The Hall–Kier alpha value is -4.32. The minimum atomic E-state index is -0.533. The lowest BCUT2D eigenvalue weighted by molar-refractivity contribution is -0.128. The Morgan fingerprint density at radius 2 is 1.67 bits per heavy atom. The first kappa shape index (κ1) is 21.9. The maximum absolute atomic E-state index is 12.8. The topological polar surface area (TPSA) is 75.0 Å². The fourth-order valence-corrected chi connectivity index (χ4v) is 3.37. The van der Waals surface area contributed by atoms with E-state index in [-0.39, 0.29) is 17.9 Å². The summed E-state index contributed by atoms with van der Waals surface area (Å²) in [5.74, 6) is 0.297. The molecule has 0 radical (unpaired) electrons. The Morgan fingerprint density at radius 3 is 2.36 bits per heavy atom. The molecule has 0 fully saturated rings. The average molecular weight is 442 g/mol. The van der Waals surface area contributed by atoms with Crippen molar-refractivity contribution in [1.82, 2.24) is 0 Å². The van der Waals surface area contributed by atoms with E-state index in [1.54, 1.807) is 62.6 Å². The molecule has 3 aromatic carbocycles. The molecule has 33 heavy (non-hydrogen) atoms. The fraction of sp³-hybridized carbons (Fsp3) is 0.111. The third-order valence-electron chi connectivity index (χ3n) is 4.92. The highest BCUT2D eigenvalue weighted by molar-refractivity contribution is 6.09. The van der Waals surface area contributed by atoms with Gasteiger partial charge in [-0.05, 0) is 61.0 Å². The molecule has 0 N–H and O–H groups in total. The van der Waals surface area contributed by atoms with Crippen molar-refractivity contribution >= 4 is 29.0 Å². The fourth-order valence-electron chi connectivity index (χ4n) is 3.37. The van der Waals surface area contributed by atoms with Crippen molar-refractivity contribution in [3.63, 3.8) is 0 Å². The summed E-state index contributed by atoms with van der Waals surface area (Å²) >= 11 is 0. The minimum absolute atomic E-state index is 0.215. The highest BCUT2D eigenvalue weighted by Gasteiger charge is 2.24. The first-order valence-electron chi connectivity index (χ1n) is 10.4. The van der Waals surface area contributed by atoms with Gasteiger partial charge in [-0.2, -0.15) is 0 Å². The molecule has 0 saturated heterocycles. The van der Waals surface area contributed by atoms with Gasteiger partial charge in [0.25, 0.3) is 0 Å². The van der Waals surface area contributed by atoms with Crippen molar-refractivity contribution in [3.05, 3.63) is 90.0 Å². The second kappa shape index (κ2) is 9.87. The van der Waals surface area contributed by atoms with E-state index in [1.165, 1.54) is 6.08 Å². The summed E-state index contributed by atoms with van der Waals surface area (Å²) in [6.45, 7) is 1.95. The molecule has 0 spiro atoms. The van der Waals surface area contributed by atoms with Gasteiger partial charge < -0.3 is 18.6 Å². The Labute approximate surface area is 191 Å². The number of rotatable bonds is 7. The van der Waals surface area contributed by atoms with E-state index in [0.717, 1.165) is 5.56 Å². The van der Waals surface area contributed by atoms with E-state index in [2.05, 4.69) is 0 Å². The Balaban J connectivity index is 1.68. The van der Waals surface area contributed by atoms with Gasteiger partial charge in [0.2, 0.25) is 0 Å². The maximum Gasteiger partial charge on any atom is 0.342 e. The quantitative estimate of drug-likeness (QED) is 0.201. The Bertz CT molecular complexity index is 1300. The van der Waals surface area contributed by atoms with Crippen LogP contribution in [0.5, 0.6) is 11.5 Å². The molecule has 4 aromatic rings. The van der Waals surface area contributed by atoms with Crippen molar-refractivity contribution in [3.8, 4) is 22.8 Å². The lowest BCUT2D eigenvalue weighted by Gasteiger charge is -2.05. The number of fused-ring (bicyclic) bond motifs is 1. The van der Waals surface area contributed by atoms with Crippen LogP contribution in [0.1, 0.15) is 22.8 Å². The number of ether oxygens (including phenoxy) is 3. The third kappa shape index (κ3) is 4.96. The van der Waals surface area contributed by atoms with Gasteiger partial charge in [-0.1, -0.05) is 30.3 Å².